The lowest BCUT2D eigenvalue weighted by Gasteiger charge is -2.12. The number of benzene rings is 2. The molecule has 12 heteroatoms. The van der Waals surface area contributed by atoms with Crippen molar-refractivity contribution in [2.45, 2.75) is 11.1 Å². The van der Waals surface area contributed by atoms with Crippen molar-refractivity contribution in [3.8, 4) is 11.3 Å². The largest absolute Gasteiger partial charge is 0.416 e. The monoisotopic (exact) mass is 503 g/mol. The van der Waals surface area contributed by atoms with Gasteiger partial charge >= 0.3 is 12.2 Å². The van der Waals surface area contributed by atoms with Gasteiger partial charge in [0.1, 0.15) is 5.65 Å². The number of fused-ring (bicyclic) bond motifs is 1. The number of pyridine rings is 1. The van der Waals surface area contributed by atoms with Gasteiger partial charge in [-0.3, -0.25) is 0 Å². The van der Waals surface area contributed by atoms with Crippen molar-refractivity contribution in [2.24, 2.45) is 0 Å². The van der Waals surface area contributed by atoms with Gasteiger partial charge < -0.3 is 15.6 Å². The first-order valence-electron chi connectivity index (χ1n) is 10.2. The number of amides is 2. The highest BCUT2D eigenvalue weighted by molar-refractivity contribution is 7.89. The van der Waals surface area contributed by atoms with Crippen LogP contribution >= 0.6 is 0 Å². The van der Waals surface area contributed by atoms with Gasteiger partial charge in [0.15, 0.2) is 0 Å². The third-order valence-electron chi connectivity index (χ3n) is 5.17. The molecule has 2 heterocycles. The minimum atomic E-state index is -4.46. The second-order valence-corrected chi connectivity index (χ2v) is 9.92. The van der Waals surface area contributed by atoms with Gasteiger partial charge in [-0.05, 0) is 48.5 Å². The van der Waals surface area contributed by atoms with Gasteiger partial charge in [-0.15, -0.1) is 0 Å². The van der Waals surface area contributed by atoms with E-state index >= 15 is 0 Å². The van der Waals surface area contributed by atoms with Crippen LogP contribution in [0.25, 0.3) is 22.3 Å². The Labute approximate surface area is 198 Å². The molecule has 0 saturated heterocycles. The molecule has 182 valence electrons. The van der Waals surface area contributed by atoms with E-state index in [0.717, 1.165) is 28.6 Å². The highest BCUT2D eigenvalue weighted by atomic mass is 32.2. The number of sulfonamides is 1. The second kappa shape index (κ2) is 9.04. The minimum absolute atomic E-state index is 0.135. The Morgan fingerprint density at radius 1 is 1.00 bits per heavy atom. The number of carbonyl (C=O) groups is 1. The van der Waals surface area contributed by atoms with Gasteiger partial charge in [0.25, 0.3) is 0 Å². The first-order valence-corrected chi connectivity index (χ1v) is 11.7. The van der Waals surface area contributed by atoms with Gasteiger partial charge in [0, 0.05) is 36.9 Å². The number of carbonyl (C=O) groups excluding carboxylic acids is 1. The molecule has 0 aliphatic rings. The quantitative estimate of drug-likeness (QED) is 0.350. The summed E-state index contributed by atoms with van der Waals surface area (Å²) in [6.45, 7) is 0. The fourth-order valence-electron chi connectivity index (χ4n) is 3.32. The van der Waals surface area contributed by atoms with E-state index in [1.165, 1.54) is 32.4 Å². The Hall–Kier alpha value is -3.90. The van der Waals surface area contributed by atoms with Gasteiger partial charge in [-0.25, -0.2) is 22.5 Å². The maximum Gasteiger partial charge on any atom is 0.416 e. The highest BCUT2D eigenvalue weighted by Crippen LogP contribution is 2.30. The number of H-pyrrole nitrogens is 1. The van der Waals surface area contributed by atoms with Gasteiger partial charge in [0.2, 0.25) is 10.0 Å². The highest BCUT2D eigenvalue weighted by Gasteiger charge is 2.30. The van der Waals surface area contributed by atoms with Crippen molar-refractivity contribution in [3.05, 3.63) is 72.4 Å². The van der Waals surface area contributed by atoms with Crippen LogP contribution in [-0.4, -0.2) is 42.8 Å². The van der Waals surface area contributed by atoms with Crippen LogP contribution in [0.3, 0.4) is 0 Å². The van der Waals surface area contributed by atoms with Gasteiger partial charge in [-0.2, -0.15) is 13.2 Å². The second-order valence-electron chi connectivity index (χ2n) is 7.76. The molecule has 0 atom stereocenters. The predicted molar refractivity (Wildman–Crippen MR) is 126 cm³/mol. The number of hydrogen-bond acceptors (Lipinski definition) is 4. The molecule has 8 nitrogen and oxygen atoms in total. The fraction of sp³-hybridized carbons (Fsp3) is 0.130. The molecule has 35 heavy (non-hydrogen) atoms. The maximum atomic E-state index is 12.7. The van der Waals surface area contributed by atoms with Crippen LogP contribution in [0.1, 0.15) is 5.56 Å². The molecule has 0 aliphatic carbocycles. The van der Waals surface area contributed by atoms with E-state index in [0.29, 0.717) is 28.0 Å². The summed E-state index contributed by atoms with van der Waals surface area (Å²) in [5.41, 5.74) is 1.37. The topological polar surface area (TPSA) is 107 Å². The predicted octanol–water partition coefficient (Wildman–Crippen LogP) is 5.14. The molecule has 4 aromatic rings. The minimum Gasteiger partial charge on any atom is -0.344 e. The fourth-order valence-corrected chi connectivity index (χ4v) is 4.27. The summed E-state index contributed by atoms with van der Waals surface area (Å²) in [5, 5.41) is 5.70. The first-order chi connectivity index (χ1) is 16.4. The average Bonchev–Trinajstić information content (AvgIpc) is 3.20. The standard InChI is InChI=1S/C23H20F3N5O3S/c1-31(2)35(33,34)17-5-3-4-14(12-17)19-11-10-18-20(13-27-21(18)29-19)30-22(32)28-16-8-6-15(7-9-16)23(24,25)26/h3-13H,1-2H3,(H,27,29)(H2,28,30,32). The van der Waals surface area contributed by atoms with E-state index in [-0.39, 0.29) is 10.6 Å². The van der Waals surface area contributed by atoms with E-state index in [1.54, 1.807) is 24.3 Å². The molecule has 0 aliphatic heterocycles. The molecule has 0 radical (unpaired) electrons. The molecule has 2 aromatic carbocycles. The number of aromatic amines is 1. The lowest BCUT2D eigenvalue weighted by molar-refractivity contribution is -0.137. The Kier molecular flexibility index (Phi) is 6.26. The maximum absolute atomic E-state index is 12.7. The van der Waals surface area contributed by atoms with E-state index < -0.39 is 27.8 Å². The molecule has 3 N–H and O–H groups in total. The van der Waals surface area contributed by atoms with Gasteiger partial charge in [-0.1, -0.05) is 12.1 Å². The summed E-state index contributed by atoms with van der Waals surface area (Å²) in [6, 6.07) is 13.3. The Morgan fingerprint density at radius 2 is 1.71 bits per heavy atom. The summed E-state index contributed by atoms with van der Waals surface area (Å²) in [4.78, 5) is 19.9. The molecular weight excluding hydrogens is 483 g/mol. The number of halogens is 3. The summed E-state index contributed by atoms with van der Waals surface area (Å²) < 4.78 is 64.0. The van der Waals surface area contributed by atoms with Crippen molar-refractivity contribution >= 4 is 38.5 Å². The van der Waals surface area contributed by atoms with Crippen LogP contribution < -0.4 is 10.6 Å². The van der Waals surface area contributed by atoms with Crippen LogP contribution in [-0.2, 0) is 16.2 Å². The molecule has 2 aromatic heterocycles. The molecule has 0 fully saturated rings. The van der Waals surface area contributed by atoms with E-state index in [2.05, 4.69) is 20.6 Å². The molecule has 0 bridgehead atoms. The molecule has 0 saturated carbocycles. The summed E-state index contributed by atoms with van der Waals surface area (Å²) >= 11 is 0. The third kappa shape index (κ3) is 5.12. The van der Waals surface area contributed by atoms with Crippen LogP contribution in [0, 0.1) is 0 Å². The number of anilines is 2. The van der Waals surface area contributed by atoms with E-state index in [4.69, 9.17) is 0 Å². The number of nitrogens with zero attached hydrogens (tertiary/aromatic N) is 2. The van der Waals surface area contributed by atoms with E-state index in [9.17, 15) is 26.4 Å². The zero-order valence-electron chi connectivity index (χ0n) is 18.5. The van der Waals surface area contributed by atoms with Crippen molar-refractivity contribution in [2.75, 3.05) is 24.7 Å². The van der Waals surface area contributed by atoms with Crippen LogP contribution in [0.4, 0.5) is 29.3 Å². The first kappa shape index (κ1) is 24.2. The Morgan fingerprint density at radius 3 is 2.37 bits per heavy atom. The zero-order chi connectivity index (χ0) is 25.4. The lowest BCUT2D eigenvalue weighted by Crippen LogP contribution is -2.22. The lowest BCUT2D eigenvalue weighted by atomic mass is 10.1. The zero-order valence-corrected chi connectivity index (χ0v) is 19.3. The smallest absolute Gasteiger partial charge is 0.344 e. The average molecular weight is 504 g/mol. The van der Waals surface area contributed by atoms with Crippen molar-refractivity contribution in [1.82, 2.24) is 14.3 Å². The molecule has 2 amide bonds. The Balaban J connectivity index is 1.52. The van der Waals surface area contributed by atoms with Crippen LogP contribution in [0.5, 0.6) is 0 Å². The molecular formula is C23H20F3N5O3S. The molecule has 4 rings (SSSR count). The van der Waals surface area contributed by atoms with Crippen molar-refractivity contribution in [1.29, 1.82) is 0 Å². The van der Waals surface area contributed by atoms with Crippen LogP contribution in [0.15, 0.2) is 71.8 Å². The van der Waals surface area contributed by atoms with Gasteiger partial charge in [0.05, 0.1) is 21.8 Å². The number of urea groups is 1. The normalized spacial score (nSPS) is 12.2. The summed E-state index contributed by atoms with van der Waals surface area (Å²) in [5.74, 6) is 0. The number of alkyl halides is 3. The summed E-state index contributed by atoms with van der Waals surface area (Å²) in [6.07, 6.45) is -2.93. The van der Waals surface area contributed by atoms with E-state index in [1.807, 2.05) is 0 Å². The van der Waals surface area contributed by atoms with Crippen molar-refractivity contribution in [3.63, 3.8) is 0 Å². The number of rotatable bonds is 5. The molecule has 0 unspecified atom stereocenters. The third-order valence-corrected chi connectivity index (χ3v) is 6.98. The Bertz CT molecular complexity index is 1500. The number of hydrogen-bond donors (Lipinski definition) is 3. The SMILES string of the molecule is CN(C)S(=O)(=O)c1cccc(-c2ccc3c(NC(=O)Nc4ccc(C(F)(F)F)cc4)c[nH]c3n2)c1. The number of aromatic nitrogens is 2. The number of nitrogens with one attached hydrogen (secondary N) is 3. The summed E-state index contributed by atoms with van der Waals surface area (Å²) in [7, 11) is -0.704. The van der Waals surface area contributed by atoms with Crippen molar-refractivity contribution < 1.29 is 26.4 Å². The van der Waals surface area contributed by atoms with Crippen LogP contribution in [0.2, 0.25) is 0 Å². The molecule has 0 spiro atoms.